The van der Waals surface area contributed by atoms with Gasteiger partial charge in [0.1, 0.15) is 5.15 Å². The lowest BCUT2D eigenvalue weighted by Gasteiger charge is -2.06. The van der Waals surface area contributed by atoms with Crippen molar-refractivity contribution in [1.82, 2.24) is 15.0 Å². The van der Waals surface area contributed by atoms with Crippen LogP contribution in [0.1, 0.15) is 16.5 Å². The number of alkyl halides is 3. The number of aromatic nitrogens is 3. The Morgan fingerprint density at radius 2 is 1.86 bits per heavy atom. The van der Waals surface area contributed by atoms with Crippen LogP contribution < -0.4 is 0 Å². The topological polar surface area (TPSA) is 38.7 Å². The molecule has 21 heavy (non-hydrogen) atoms. The van der Waals surface area contributed by atoms with Crippen LogP contribution in [0.15, 0.2) is 30.3 Å². The van der Waals surface area contributed by atoms with Gasteiger partial charge in [-0.1, -0.05) is 23.7 Å². The molecule has 0 unspecified atom stereocenters. The summed E-state index contributed by atoms with van der Waals surface area (Å²) in [5, 5.41) is 0.451. The van der Waals surface area contributed by atoms with E-state index in [4.69, 9.17) is 11.6 Å². The Morgan fingerprint density at radius 3 is 2.57 bits per heavy atom. The normalized spacial score (nSPS) is 12.0. The smallest absolute Gasteiger partial charge is 0.241 e. The van der Waals surface area contributed by atoms with E-state index in [-0.39, 0.29) is 17.3 Å². The quantitative estimate of drug-likeness (QED) is 0.656. The minimum atomic E-state index is -4.62. The predicted octanol–water partition coefficient (Wildman–Crippen LogP) is 4.35. The highest BCUT2D eigenvalue weighted by Gasteiger charge is 2.35. The Balaban J connectivity index is 1.95. The second-order valence-corrected chi connectivity index (χ2v) is 5.76. The Labute approximate surface area is 126 Å². The number of nitrogens with zero attached hydrogens (tertiary/aromatic N) is 3. The van der Waals surface area contributed by atoms with Gasteiger partial charge in [-0.05, 0) is 18.2 Å². The number of halogens is 4. The average Bonchev–Trinajstić information content (AvgIpc) is 2.79. The zero-order chi connectivity index (χ0) is 15.0. The molecule has 0 bridgehead atoms. The lowest BCUT2D eigenvalue weighted by molar-refractivity contribution is -0.145. The van der Waals surface area contributed by atoms with Gasteiger partial charge in [-0.15, -0.1) is 11.3 Å². The fourth-order valence-corrected chi connectivity index (χ4v) is 3.02. The molecule has 3 aromatic rings. The van der Waals surface area contributed by atoms with Crippen molar-refractivity contribution in [2.75, 3.05) is 0 Å². The largest absolute Gasteiger partial charge is 0.451 e. The molecule has 0 amide bonds. The van der Waals surface area contributed by atoms with E-state index in [1.54, 1.807) is 0 Å². The SMILES string of the molecule is FC(F)(F)c1nc(Cl)cc(Cc2nc3ccccc3s2)n1. The molecule has 0 saturated carbocycles. The summed E-state index contributed by atoms with van der Waals surface area (Å²) < 4.78 is 38.9. The van der Waals surface area contributed by atoms with E-state index in [2.05, 4.69) is 15.0 Å². The highest BCUT2D eigenvalue weighted by Crippen LogP contribution is 2.28. The summed E-state index contributed by atoms with van der Waals surface area (Å²) >= 11 is 7.05. The number of fused-ring (bicyclic) bond motifs is 1. The Bertz CT molecular complexity index is 768. The number of hydrogen-bond acceptors (Lipinski definition) is 4. The maximum atomic E-state index is 12.7. The first-order valence-electron chi connectivity index (χ1n) is 5.87. The second-order valence-electron chi connectivity index (χ2n) is 4.26. The summed E-state index contributed by atoms with van der Waals surface area (Å²) in [6.45, 7) is 0. The number of rotatable bonds is 2. The van der Waals surface area contributed by atoms with Crippen LogP contribution in [0, 0.1) is 0 Å². The van der Waals surface area contributed by atoms with Crippen LogP contribution in [0.5, 0.6) is 0 Å². The zero-order valence-corrected chi connectivity index (χ0v) is 11.9. The molecule has 0 N–H and O–H groups in total. The second kappa shape index (κ2) is 5.23. The van der Waals surface area contributed by atoms with E-state index < -0.39 is 12.0 Å². The molecule has 0 spiro atoms. The van der Waals surface area contributed by atoms with Gasteiger partial charge in [0.25, 0.3) is 0 Å². The molecule has 108 valence electrons. The molecule has 1 aromatic carbocycles. The average molecular weight is 330 g/mol. The maximum Gasteiger partial charge on any atom is 0.451 e. The third-order valence-electron chi connectivity index (χ3n) is 2.67. The summed E-state index contributed by atoms with van der Waals surface area (Å²) in [6, 6.07) is 8.82. The first-order valence-corrected chi connectivity index (χ1v) is 7.06. The molecule has 8 heteroatoms. The molecule has 2 aromatic heterocycles. The summed E-state index contributed by atoms with van der Waals surface area (Å²) in [6.07, 6.45) is -4.43. The van der Waals surface area contributed by atoms with Gasteiger partial charge in [0.15, 0.2) is 0 Å². The van der Waals surface area contributed by atoms with E-state index >= 15 is 0 Å². The minimum Gasteiger partial charge on any atom is -0.241 e. The van der Waals surface area contributed by atoms with Crippen LogP contribution in [0.3, 0.4) is 0 Å². The molecule has 0 saturated heterocycles. The molecule has 0 aliphatic rings. The molecular formula is C13H7ClF3N3S. The predicted molar refractivity (Wildman–Crippen MR) is 74.5 cm³/mol. The molecule has 0 radical (unpaired) electrons. The van der Waals surface area contributed by atoms with E-state index in [9.17, 15) is 13.2 Å². The van der Waals surface area contributed by atoms with Crippen LogP contribution in [0.2, 0.25) is 5.15 Å². The summed E-state index contributed by atoms with van der Waals surface area (Å²) in [5.41, 5.74) is 1.01. The maximum absolute atomic E-state index is 12.7. The van der Waals surface area contributed by atoms with Gasteiger partial charge < -0.3 is 0 Å². The third-order valence-corrected chi connectivity index (χ3v) is 3.90. The van der Waals surface area contributed by atoms with Crippen LogP contribution in [-0.4, -0.2) is 15.0 Å². The highest BCUT2D eigenvalue weighted by atomic mass is 35.5. The molecule has 3 rings (SSSR count). The van der Waals surface area contributed by atoms with E-state index in [1.807, 2.05) is 24.3 Å². The third kappa shape index (κ3) is 3.14. The first kappa shape index (κ1) is 14.2. The summed E-state index contributed by atoms with van der Waals surface area (Å²) in [7, 11) is 0. The van der Waals surface area contributed by atoms with Crippen molar-refractivity contribution in [1.29, 1.82) is 0 Å². The van der Waals surface area contributed by atoms with Crippen molar-refractivity contribution >= 4 is 33.2 Å². The zero-order valence-electron chi connectivity index (χ0n) is 10.4. The van der Waals surface area contributed by atoms with Gasteiger partial charge in [-0.3, -0.25) is 0 Å². The monoisotopic (exact) mass is 329 g/mol. The Hall–Kier alpha value is -1.73. The van der Waals surface area contributed by atoms with Crippen molar-refractivity contribution in [3.63, 3.8) is 0 Å². The van der Waals surface area contributed by atoms with Crippen LogP contribution in [0.25, 0.3) is 10.2 Å². The number of benzene rings is 1. The lowest BCUT2D eigenvalue weighted by atomic mass is 10.3. The van der Waals surface area contributed by atoms with Crippen LogP contribution in [0.4, 0.5) is 13.2 Å². The van der Waals surface area contributed by atoms with Crippen molar-refractivity contribution in [3.8, 4) is 0 Å². The van der Waals surface area contributed by atoms with Crippen LogP contribution >= 0.6 is 22.9 Å². The van der Waals surface area contributed by atoms with Gasteiger partial charge in [0, 0.05) is 6.42 Å². The van der Waals surface area contributed by atoms with Gasteiger partial charge in [-0.25, -0.2) is 15.0 Å². The molecule has 2 heterocycles. The number of thiazole rings is 1. The number of hydrogen-bond donors (Lipinski definition) is 0. The number of para-hydroxylation sites is 1. The highest BCUT2D eigenvalue weighted by molar-refractivity contribution is 7.18. The molecule has 3 nitrogen and oxygen atoms in total. The van der Waals surface area contributed by atoms with Gasteiger partial charge in [0.2, 0.25) is 5.82 Å². The van der Waals surface area contributed by atoms with Crippen molar-refractivity contribution in [2.45, 2.75) is 12.6 Å². The summed E-state index contributed by atoms with van der Waals surface area (Å²) in [4.78, 5) is 11.1. The van der Waals surface area contributed by atoms with Crippen molar-refractivity contribution < 1.29 is 13.2 Å². The van der Waals surface area contributed by atoms with Gasteiger partial charge >= 0.3 is 6.18 Å². The standard InChI is InChI=1S/C13H7ClF3N3S/c14-10-5-7(18-12(20-10)13(15,16)17)6-11-19-8-3-1-2-4-9(8)21-11/h1-5H,6H2. The van der Waals surface area contributed by atoms with Crippen molar-refractivity contribution in [3.05, 3.63) is 52.0 Å². The minimum absolute atomic E-state index is 0.185. The fraction of sp³-hybridized carbons (Fsp3) is 0.154. The lowest BCUT2D eigenvalue weighted by Crippen LogP contribution is -2.12. The van der Waals surface area contributed by atoms with Crippen molar-refractivity contribution in [2.24, 2.45) is 0 Å². The molecule has 0 atom stereocenters. The van der Waals surface area contributed by atoms with E-state index in [0.717, 1.165) is 10.2 Å². The molecule has 0 fully saturated rings. The summed E-state index contributed by atoms with van der Waals surface area (Å²) in [5.74, 6) is -1.23. The first-order chi connectivity index (χ1) is 9.91. The molecule has 0 aliphatic carbocycles. The van der Waals surface area contributed by atoms with E-state index in [0.29, 0.717) is 5.01 Å². The fourth-order valence-electron chi connectivity index (χ4n) is 1.83. The van der Waals surface area contributed by atoms with Gasteiger partial charge in [0.05, 0.1) is 20.9 Å². The molecular weight excluding hydrogens is 323 g/mol. The molecule has 0 aliphatic heterocycles. The Kier molecular flexibility index (Phi) is 3.54. The van der Waals surface area contributed by atoms with Gasteiger partial charge in [-0.2, -0.15) is 13.2 Å². The Morgan fingerprint density at radius 1 is 1.10 bits per heavy atom. The van der Waals surface area contributed by atoms with E-state index in [1.165, 1.54) is 17.4 Å². The van der Waals surface area contributed by atoms with Crippen LogP contribution in [-0.2, 0) is 12.6 Å².